The van der Waals surface area contributed by atoms with Crippen molar-refractivity contribution >= 4 is 5.65 Å². The second-order valence-corrected chi connectivity index (χ2v) is 4.82. The van der Waals surface area contributed by atoms with Crippen molar-refractivity contribution in [3.63, 3.8) is 0 Å². The third-order valence-corrected chi connectivity index (χ3v) is 3.23. The van der Waals surface area contributed by atoms with Gasteiger partial charge in [-0.1, -0.05) is 0 Å². The molecule has 4 heterocycles. The molecular weight excluding hydrogens is 264 g/mol. The van der Waals surface area contributed by atoms with Crippen molar-refractivity contribution in [1.29, 1.82) is 0 Å². The average Bonchev–Trinajstić information content (AvgIpc) is 3.13. The number of nitrogens with zero attached hydrogens (tertiary/aromatic N) is 6. The van der Waals surface area contributed by atoms with Crippen molar-refractivity contribution in [3.8, 4) is 17.1 Å². The largest absolute Gasteiger partial charge is 0.265 e. The van der Waals surface area contributed by atoms with Crippen molar-refractivity contribution in [1.82, 2.24) is 29.4 Å². The topological polar surface area (TPSA) is 60.9 Å². The molecule has 0 spiro atoms. The van der Waals surface area contributed by atoms with Crippen LogP contribution in [0.25, 0.3) is 22.7 Å². The van der Waals surface area contributed by atoms with Gasteiger partial charge in [0.25, 0.3) is 0 Å². The molecule has 0 saturated heterocycles. The predicted molar refractivity (Wildman–Crippen MR) is 78.1 cm³/mol. The van der Waals surface area contributed by atoms with E-state index < -0.39 is 0 Å². The summed E-state index contributed by atoms with van der Waals surface area (Å²) in [5.74, 6) is 0.775. The fourth-order valence-electron chi connectivity index (χ4n) is 2.20. The zero-order chi connectivity index (χ0) is 14.2. The van der Waals surface area contributed by atoms with Crippen LogP contribution in [0.4, 0.5) is 0 Å². The summed E-state index contributed by atoms with van der Waals surface area (Å²) in [6.07, 6.45) is 9.15. The first kappa shape index (κ1) is 11.8. The first-order valence-electron chi connectivity index (χ1n) is 6.58. The van der Waals surface area contributed by atoms with E-state index in [0.717, 1.165) is 28.3 Å². The quantitative estimate of drug-likeness (QED) is 0.563. The highest BCUT2D eigenvalue weighted by molar-refractivity contribution is 5.63. The molecule has 0 aliphatic carbocycles. The van der Waals surface area contributed by atoms with E-state index in [4.69, 9.17) is 0 Å². The molecule has 0 N–H and O–H groups in total. The van der Waals surface area contributed by atoms with Crippen molar-refractivity contribution in [3.05, 3.63) is 60.8 Å². The third kappa shape index (κ3) is 2.06. The summed E-state index contributed by atoms with van der Waals surface area (Å²) in [6.45, 7) is 2.00. The van der Waals surface area contributed by atoms with Gasteiger partial charge in [0.05, 0.1) is 11.9 Å². The number of aromatic nitrogens is 6. The first-order chi connectivity index (χ1) is 10.3. The number of hydrogen-bond acceptors (Lipinski definition) is 4. The Morgan fingerprint density at radius 1 is 1.10 bits per heavy atom. The van der Waals surface area contributed by atoms with Crippen molar-refractivity contribution < 1.29 is 0 Å². The van der Waals surface area contributed by atoms with Crippen LogP contribution in [0.3, 0.4) is 0 Å². The molecule has 0 bridgehead atoms. The lowest BCUT2D eigenvalue weighted by atomic mass is 10.2. The van der Waals surface area contributed by atoms with Gasteiger partial charge in [-0.3, -0.25) is 4.98 Å². The molecule has 6 nitrogen and oxygen atoms in total. The van der Waals surface area contributed by atoms with Crippen molar-refractivity contribution in [2.75, 3.05) is 0 Å². The van der Waals surface area contributed by atoms with Gasteiger partial charge in [-0.2, -0.15) is 10.2 Å². The summed E-state index contributed by atoms with van der Waals surface area (Å²) < 4.78 is 3.52. The fraction of sp³-hybridized carbons (Fsp3) is 0.0667. The monoisotopic (exact) mass is 276 g/mol. The highest BCUT2D eigenvalue weighted by Crippen LogP contribution is 2.18. The van der Waals surface area contributed by atoms with Crippen LogP contribution < -0.4 is 0 Å². The first-order valence-corrected chi connectivity index (χ1v) is 6.58. The van der Waals surface area contributed by atoms with Gasteiger partial charge in [-0.25, -0.2) is 14.2 Å². The molecule has 0 fully saturated rings. The zero-order valence-electron chi connectivity index (χ0n) is 11.4. The summed E-state index contributed by atoms with van der Waals surface area (Å²) >= 11 is 0. The number of aryl methyl sites for hydroxylation is 1. The highest BCUT2D eigenvalue weighted by Gasteiger charge is 2.07. The van der Waals surface area contributed by atoms with Crippen LogP contribution in [0.5, 0.6) is 0 Å². The van der Waals surface area contributed by atoms with Crippen LogP contribution in [-0.2, 0) is 0 Å². The lowest BCUT2D eigenvalue weighted by molar-refractivity contribution is 0.832. The van der Waals surface area contributed by atoms with Gasteiger partial charge in [0.2, 0.25) is 0 Å². The van der Waals surface area contributed by atoms with E-state index in [9.17, 15) is 0 Å². The normalized spacial score (nSPS) is 11.1. The number of pyridine rings is 1. The van der Waals surface area contributed by atoms with Gasteiger partial charge in [0, 0.05) is 42.5 Å². The summed E-state index contributed by atoms with van der Waals surface area (Å²) in [5, 5.41) is 8.79. The maximum absolute atomic E-state index is 4.59. The molecule has 0 amide bonds. The molecule has 21 heavy (non-hydrogen) atoms. The SMILES string of the molecule is Cc1cnn(-c2ccn3nc(-c4ccncc4)cc3n2)c1. The Labute approximate surface area is 120 Å². The highest BCUT2D eigenvalue weighted by atomic mass is 15.3. The van der Waals surface area contributed by atoms with E-state index >= 15 is 0 Å². The van der Waals surface area contributed by atoms with Crippen LogP contribution in [0.15, 0.2) is 55.2 Å². The van der Waals surface area contributed by atoms with Crippen molar-refractivity contribution in [2.24, 2.45) is 0 Å². The molecule has 6 heteroatoms. The van der Waals surface area contributed by atoms with Crippen LogP contribution in [0, 0.1) is 6.92 Å². The molecule has 4 aromatic heterocycles. The Morgan fingerprint density at radius 2 is 1.95 bits per heavy atom. The molecule has 0 radical (unpaired) electrons. The molecular formula is C15H12N6. The van der Waals surface area contributed by atoms with Crippen LogP contribution >= 0.6 is 0 Å². The number of rotatable bonds is 2. The Bertz CT molecular complexity index is 906. The summed E-state index contributed by atoms with van der Waals surface area (Å²) in [5.41, 5.74) is 3.78. The number of fused-ring (bicyclic) bond motifs is 1. The Kier molecular flexibility index (Phi) is 2.53. The fourth-order valence-corrected chi connectivity index (χ4v) is 2.20. The zero-order valence-corrected chi connectivity index (χ0v) is 11.4. The van der Waals surface area contributed by atoms with E-state index in [1.807, 2.05) is 49.8 Å². The third-order valence-electron chi connectivity index (χ3n) is 3.23. The van der Waals surface area contributed by atoms with Gasteiger partial charge in [0.1, 0.15) is 0 Å². The van der Waals surface area contributed by atoms with Crippen molar-refractivity contribution in [2.45, 2.75) is 6.92 Å². The molecule has 4 rings (SSSR count). The predicted octanol–water partition coefficient (Wildman–Crippen LogP) is 2.29. The second-order valence-electron chi connectivity index (χ2n) is 4.82. The van der Waals surface area contributed by atoms with Gasteiger partial charge < -0.3 is 0 Å². The smallest absolute Gasteiger partial charge is 0.158 e. The summed E-state index contributed by atoms with van der Waals surface area (Å²) in [6, 6.07) is 7.71. The minimum Gasteiger partial charge on any atom is -0.265 e. The van der Waals surface area contributed by atoms with Crippen LogP contribution in [0.2, 0.25) is 0 Å². The standard InChI is InChI=1S/C15H12N6/c1-11-9-17-21(10-11)14-4-7-20-15(18-14)8-13(19-20)12-2-5-16-6-3-12/h2-10H,1H3. The molecule has 4 aromatic rings. The second kappa shape index (κ2) is 4.52. The van der Waals surface area contributed by atoms with E-state index in [2.05, 4.69) is 20.2 Å². The Morgan fingerprint density at radius 3 is 2.71 bits per heavy atom. The Balaban J connectivity index is 1.82. The molecule has 0 saturated carbocycles. The van der Waals surface area contributed by atoms with Crippen LogP contribution in [-0.4, -0.2) is 29.4 Å². The molecule has 0 aliphatic heterocycles. The molecule has 0 aliphatic rings. The Hall–Kier alpha value is -3.02. The lowest BCUT2D eigenvalue weighted by Gasteiger charge is -1.99. The molecule has 102 valence electrons. The summed E-state index contributed by atoms with van der Waals surface area (Å²) in [4.78, 5) is 8.61. The molecule has 0 unspecified atom stereocenters. The maximum Gasteiger partial charge on any atom is 0.158 e. The number of hydrogen-bond donors (Lipinski definition) is 0. The van der Waals surface area contributed by atoms with Gasteiger partial charge in [-0.15, -0.1) is 0 Å². The maximum atomic E-state index is 4.59. The summed E-state index contributed by atoms with van der Waals surface area (Å²) in [7, 11) is 0. The van der Waals surface area contributed by atoms with Gasteiger partial charge in [0.15, 0.2) is 11.5 Å². The lowest BCUT2D eigenvalue weighted by Crippen LogP contribution is -2.00. The molecule has 0 aromatic carbocycles. The van der Waals surface area contributed by atoms with Gasteiger partial charge >= 0.3 is 0 Å². The van der Waals surface area contributed by atoms with E-state index in [1.165, 1.54) is 0 Å². The van der Waals surface area contributed by atoms with E-state index in [1.54, 1.807) is 21.6 Å². The average molecular weight is 276 g/mol. The van der Waals surface area contributed by atoms with E-state index in [0.29, 0.717) is 0 Å². The molecule has 0 atom stereocenters. The van der Waals surface area contributed by atoms with Crippen LogP contribution in [0.1, 0.15) is 5.56 Å². The van der Waals surface area contributed by atoms with E-state index in [-0.39, 0.29) is 0 Å². The minimum atomic E-state index is 0.775. The minimum absolute atomic E-state index is 0.775. The van der Waals surface area contributed by atoms with Gasteiger partial charge in [-0.05, 0) is 24.6 Å².